The molecule has 3 aromatic rings. The molecular formula is C22H23N3O2. The number of rotatable bonds is 5. The third-order valence-electron chi connectivity index (χ3n) is 5.30. The summed E-state index contributed by atoms with van der Waals surface area (Å²) in [5, 5.41) is 7.03. The van der Waals surface area contributed by atoms with Gasteiger partial charge in [-0.1, -0.05) is 48.5 Å². The Morgan fingerprint density at radius 3 is 2.70 bits per heavy atom. The maximum atomic E-state index is 12.6. The highest BCUT2D eigenvalue weighted by atomic mass is 16.2. The smallest absolute Gasteiger partial charge is 0.223 e. The standard InChI is InChI=1S/C22H23N3O2/c26-21-12-16(10-11-23-21)22(27)25-13-18(15-6-2-1-3-7-15)19-14-24-20-9-5-4-8-17(19)20/h1-9,14,16,18,24H,10-13H2,(H,23,26)(H,25,27). The summed E-state index contributed by atoms with van der Waals surface area (Å²) in [7, 11) is 0. The average Bonchev–Trinajstić information content (AvgIpc) is 3.13. The van der Waals surface area contributed by atoms with Crippen LogP contribution in [0.5, 0.6) is 0 Å². The fourth-order valence-electron chi connectivity index (χ4n) is 3.83. The Labute approximate surface area is 158 Å². The van der Waals surface area contributed by atoms with Gasteiger partial charge in [-0.25, -0.2) is 0 Å². The predicted octanol–water partition coefficient (Wildman–Crippen LogP) is 2.94. The largest absolute Gasteiger partial charge is 0.361 e. The predicted molar refractivity (Wildman–Crippen MR) is 105 cm³/mol. The van der Waals surface area contributed by atoms with Crippen LogP contribution in [0.2, 0.25) is 0 Å². The number of carbonyl (C=O) groups excluding carboxylic acids is 2. The number of piperidine rings is 1. The van der Waals surface area contributed by atoms with Crippen LogP contribution in [-0.4, -0.2) is 29.9 Å². The van der Waals surface area contributed by atoms with E-state index >= 15 is 0 Å². The lowest BCUT2D eigenvalue weighted by molar-refractivity contribution is -0.132. The zero-order chi connectivity index (χ0) is 18.6. The molecule has 4 rings (SSSR count). The maximum Gasteiger partial charge on any atom is 0.223 e. The molecule has 138 valence electrons. The summed E-state index contributed by atoms with van der Waals surface area (Å²) in [5.74, 6) is -0.273. The monoisotopic (exact) mass is 361 g/mol. The molecule has 27 heavy (non-hydrogen) atoms. The summed E-state index contributed by atoms with van der Waals surface area (Å²) < 4.78 is 0. The Kier molecular flexibility index (Phi) is 4.92. The zero-order valence-electron chi connectivity index (χ0n) is 15.1. The Balaban J connectivity index is 1.58. The van der Waals surface area contributed by atoms with Gasteiger partial charge in [0.1, 0.15) is 0 Å². The summed E-state index contributed by atoms with van der Waals surface area (Å²) in [6.45, 7) is 1.07. The summed E-state index contributed by atoms with van der Waals surface area (Å²) >= 11 is 0. The van der Waals surface area contributed by atoms with E-state index in [1.54, 1.807) is 0 Å². The number of hydrogen-bond donors (Lipinski definition) is 3. The Bertz CT molecular complexity index is 948. The topological polar surface area (TPSA) is 74.0 Å². The molecule has 0 spiro atoms. The van der Waals surface area contributed by atoms with Crippen LogP contribution < -0.4 is 10.6 Å². The molecule has 3 N–H and O–H groups in total. The van der Waals surface area contributed by atoms with Crippen LogP contribution in [-0.2, 0) is 9.59 Å². The fourth-order valence-corrected chi connectivity index (χ4v) is 3.83. The van der Waals surface area contributed by atoms with Gasteiger partial charge in [0.2, 0.25) is 11.8 Å². The second kappa shape index (κ2) is 7.66. The molecule has 1 aliphatic rings. The summed E-state index contributed by atoms with van der Waals surface area (Å²) in [6, 6.07) is 18.4. The van der Waals surface area contributed by atoms with Crippen molar-refractivity contribution in [2.75, 3.05) is 13.1 Å². The first-order valence-electron chi connectivity index (χ1n) is 9.38. The minimum Gasteiger partial charge on any atom is -0.361 e. The molecule has 0 radical (unpaired) electrons. The Hall–Kier alpha value is -3.08. The van der Waals surface area contributed by atoms with E-state index in [0.717, 1.165) is 16.5 Å². The van der Waals surface area contributed by atoms with Crippen molar-refractivity contribution < 1.29 is 9.59 Å². The van der Waals surface area contributed by atoms with Crippen molar-refractivity contribution in [3.05, 3.63) is 71.9 Å². The second-order valence-corrected chi connectivity index (χ2v) is 7.04. The molecule has 0 saturated carbocycles. The molecule has 1 aromatic heterocycles. The van der Waals surface area contributed by atoms with E-state index in [1.807, 2.05) is 36.5 Å². The van der Waals surface area contributed by atoms with Crippen LogP contribution in [0.25, 0.3) is 10.9 Å². The van der Waals surface area contributed by atoms with Gasteiger partial charge in [0, 0.05) is 48.4 Å². The van der Waals surface area contributed by atoms with Gasteiger partial charge >= 0.3 is 0 Å². The number of aromatic nitrogens is 1. The number of aromatic amines is 1. The lowest BCUT2D eigenvalue weighted by Crippen LogP contribution is -2.42. The molecule has 5 heteroatoms. The van der Waals surface area contributed by atoms with Crippen LogP contribution >= 0.6 is 0 Å². The van der Waals surface area contributed by atoms with Crippen LogP contribution in [0.3, 0.4) is 0 Å². The van der Waals surface area contributed by atoms with Gasteiger partial charge in [-0.05, 0) is 23.6 Å². The van der Waals surface area contributed by atoms with Crippen molar-refractivity contribution >= 4 is 22.7 Å². The van der Waals surface area contributed by atoms with E-state index in [4.69, 9.17) is 0 Å². The maximum absolute atomic E-state index is 12.6. The van der Waals surface area contributed by atoms with E-state index in [-0.39, 0.29) is 30.1 Å². The van der Waals surface area contributed by atoms with Gasteiger partial charge in [-0.3, -0.25) is 9.59 Å². The number of benzene rings is 2. The van der Waals surface area contributed by atoms with E-state index in [9.17, 15) is 9.59 Å². The SMILES string of the molecule is O=C1CC(C(=O)NCC(c2ccccc2)c2c[nH]c3ccccc23)CCN1. The van der Waals surface area contributed by atoms with Gasteiger partial charge in [0.15, 0.2) is 0 Å². The molecule has 2 heterocycles. The van der Waals surface area contributed by atoms with E-state index in [1.165, 1.54) is 5.56 Å². The normalized spacial score (nSPS) is 18.1. The first-order chi connectivity index (χ1) is 13.2. The van der Waals surface area contributed by atoms with Crippen molar-refractivity contribution in [2.45, 2.75) is 18.8 Å². The van der Waals surface area contributed by atoms with Crippen LogP contribution in [0.1, 0.15) is 29.9 Å². The number of nitrogens with one attached hydrogen (secondary N) is 3. The molecule has 1 aliphatic heterocycles. The van der Waals surface area contributed by atoms with E-state index < -0.39 is 0 Å². The molecule has 0 aliphatic carbocycles. The number of para-hydroxylation sites is 1. The van der Waals surface area contributed by atoms with Crippen molar-refractivity contribution in [2.24, 2.45) is 5.92 Å². The second-order valence-electron chi connectivity index (χ2n) is 7.04. The quantitative estimate of drug-likeness (QED) is 0.654. The molecule has 0 bridgehead atoms. The lowest BCUT2D eigenvalue weighted by Gasteiger charge is -2.23. The minimum absolute atomic E-state index is 0.0365. The first-order valence-corrected chi connectivity index (χ1v) is 9.38. The first kappa shape index (κ1) is 17.3. The van der Waals surface area contributed by atoms with Crippen molar-refractivity contribution in [3.8, 4) is 0 Å². The Morgan fingerprint density at radius 1 is 1.11 bits per heavy atom. The summed E-state index contributed by atoms with van der Waals surface area (Å²) in [5.41, 5.74) is 3.41. The number of carbonyl (C=O) groups is 2. The highest BCUT2D eigenvalue weighted by molar-refractivity contribution is 5.87. The minimum atomic E-state index is -0.238. The van der Waals surface area contributed by atoms with Crippen molar-refractivity contribution in [1.82, 2.24) is 15.6 Å². The molecular weight excluding hydrogens is 338 g/mol. The van der Waals surface area contributed by atoms with Gasteiger partial charge in [0.05, 0.1) is 0 Å². The van der Waals surface area contributed by atoms with Gasteiger partial charge in [0.25, 0.3) is 0 Å². The summed E-state index contributed by atoms with van der Waals surface area (Å²) in [4.78, 5) is 27.5. The molecule has 1 fully saturated rings. The molecule has 2 aromatic carbocycles. The fraction of sp³-hybridized carbons (Fsp3) is 0.273. The number of amides is 2. The number of fused-ring (bicyclic) bond motifs is 1. The van der Waals surface area contributed by atoms with Gasteiger partial charge in [-0.2, -0.15) is 0 Å². The highest BCUT2D eigenvalue weighted by Gasteiger charge is 2.26. The van der Waals surface area contributed by atoms with Crippen LogP contribution in [0.4, 0.5) is 0 Å². The molecule has 2 unspecified atom stereocenters. The van der Waals surface area contributed by atoms with E-state index in [0.29, 0.717) is 19.5 Å². The molecule has 2 atom stereocenters. The molecule has 5 nitrogen and oxygen atoms in total. The molecule has 2 amide bonds. The van der Waals surface area contributed by atoms with Crippen LogP contribution in [0.15, 0.2) is 60.8 Å². The van der Waals surface area contributed by atoms with Crippen molar-refractivity contribution in [3.63, 3.8) is 0 Å². The highest BCUT2D eigenvalue weighted by Crippen LogP contribution is 2.30. The molecule has 1 saturated heterocycles. The average molecular weight is 361 g/mol. The number of hydrogen-bond acceptors (Lipinski definition) is 2. The lowest BCUT2D eigenvalue weighted by atomic mass is 9.90. The number of H-pyrrole nitrogens is 1. The van der Waals surface area contributed by atoms with Gasteiger partial charge < -0.3 is 15.6 Å². The van der Waals surface area contributed by atoms with Crippen molar-refractivity contribution in [1.29, 1.82) is 0 Å². The van der Waals surface area contributed by atoms with Gasteiger partial charge in [-0.15, -0.1) is 0 Å². The third-order valence-corrected chi connectivity index (χ3v) is 5.30. The zero-order valence-corrected chi connectivity index (χ0v) is 15.1. The van der Waals surface area contributed by atoms with E-state index in [2.05, 4.69) is 39.9 Å². The van der Waals surface area contributed by atoms with Crippen LogP contribution in [0, 0.1) is 5.92 Å². The third kappa shape index (κ3) is 3.72. The summed E-state index contributed by atoms with van der Waals surface area (Å²) in [6.07, 6.45) is 3.00. The Morgan fingerprint density at radius 2 is 1.89 bits per heavy atom.